The minimum Gasteiger partial charge on any atom is -0.377 e. The Bertz CT molecular complexity index is 1650. The summed E-state index contributed by atoms with van der Waals surface area (Å²) < 4.78 is 34.5. The van der Waals surface area contributed by atoms with Crippen LogP contribution in [0, 0.1) is 0 Å². The molecule has 46 heavy (non-hydrogen) atoms. The van der Waals surface area contributed by atoms with E-state index >= 15 is 0 Å². The molecule has 0 amide bonds. The van der Waals surface area contributed by atoms with Crippen LogP contribution in [0.1, 0.15) is 0 Å². The summed E-state index contributed by atoms with van der Waals surface area (Å²) in [5.41, 5.74) is 2.31. The Hall–Kier alpha value is -2.86. The maximum atomic E-state index is 13.9. The van der Waals surface area contributed by atoms with Crippen molar-refractivity contribution in [2.75, 3.05) is 117 Å². The third-order valence-corrected chi connectivity index (χ3v) is 14.1. The second-order valence-electron chi connectivity index (χ2n) is 13.9. The highest BCUT2D eigenvalue weighted by molar-refractivity contribution is 7.83. The van der Waals surface area contributed by atoms with Crippen molar-refractivity contribution in [1.82, 2.24) is 8.61 Å². The third kappa shape index (κ3) is 5.77. The van der Waals surface area contributed by atoms with Crippen molar-refractivity contribution in [1.29, 1.82) is 0 Å². The van der Waals surface area contributed by atoms with Gasteiger partial charge in [-0.25, -0.2) is 17.0 Å². The van der Waals surface area contributed by atoms with Crippen molar-refractivity contribution in [2.24, 2.45) is 0 Å². The lowest BCUT2D eigenvalue weighted by molar-refractivity contribution is -1.03. The molecular weight excluding hydrogens is 613 g/mol. The number of piperazine rings is 3. The maximum Gasteiger partial charge on any atom is 0.129 e. The van der Waals surface area contributed by atoms with Crippen LogP contribution < -0.4 is 9.80 Å². The van der Waals surface area contributed by atoms with E-state index < -0.39 is 22.0 Å². The summed E-state index contributed by atoms with van der Waals surface area (Å²) in [5.74, 6) is 0. The molecular formula is C36H48N6O2S2+2. The highest BCUT2D eigenvalue weighted by atomic mass is 32.2. The van der Waals surface area contributed by atoms with Crippen LogP contribution in [0.4, 0.5) is 11.4 Å². The molecule has 4 aromatic carbocycles. The topological polar surface area (TPSA) is 47.1 Å². The number of benzene rings is 4. The second-order valence-corrected chi connectivity index (χ2v) is 16.8. The zero-order valence-corrected chi connectivity index (χ0v) is 29.4. The average Bonchev–Trinajstić information content (AvgIpc) is 3.08. The monoisotopic (exact) mass is 660 g/mol. The van der Waals surface area contributed by atoms with E-state index in [4.69, 9.17) is 0 Å². The number of quaternary nitrogens is 2. The molecule has 10 heteroatoms. The van der Waals surface area contributed by atoms with Gasteiger partial charge in [-0.1, -0.05) is 48.5 Å². The van der Waals surface area contributed by atoms with E-state index in [1.165, 1.54) is 26.2 Å². The van der Waals surface area contributed by atoms with Crippen molar-refractivity contribution in [3.63, 3.8) is 0 Å². The fraction of sp³-hybridized carbons (Fsp3) is 0.444. The van der Waals surface area contributed by atoms with Crippen LogP contribution in [0.3, 0.4) is 0 Å². The molecule has 3 aliphatic heterocycles. The minimum absolute atomic E-state index is 0.865. The maximum absolute atomic E-state index is 13.9. The van der Waals surface area contributed by atoms with Gasteiger partial charge in [0, 0.05) is 61.1 Å². The number of hydrogen-bond donors (Lipinski definition) is 0. The number of hydrogen-bond acceptors (Lipinski definition) is 4. The molecule has 3 heterocycles. The molecule has 2 atom stereocenters. The Morgan fingerprint density at radius 3 is 1.15 bits per heavy atom. The minimum atomic E-state index is -1.17. The average molecular weight is 661 g/mol. The Balaban J connectivity index is 0.965. The lowest BCUT2D eigenvalue weighted by Gasteiger charge is -2.53. The van der Waals surface area contributed by atoms with Gasteiger partial charge in [0.2, 0.25) is 0 Å². The molecule has 0 bridgehead atoms. The summed E-state index contributed by atoms with van der Waals surface area (Å²) in [7, 11) is 5.90. The van der Waals surface area contributed by atoms with E-state index in [0.29, 0.717) is 0 Å². The lowest BCUT2D eigenvalue weighted by Crippen LogP contribution is -2.73. The molecule has 0 aromatic heterocycles. The molecule has 4 aromatic rings. The Morgan fingerprint density at radius 2 is 0.804 bits per heavy atom. The predicted octanol–water partition coefficient (Wildman–Crippen LogP) is 4.15. The molecule has 3 aliphatic rings. The van der Waals surface area contributed by atoms with E-state index in [2.05, 4.69) is 95.1 Å². The van der Waals surface area contributed by atoms with Crippen LogP contribution in [-0.2, 0) is 22.0 Å². The number of rotatable bonds is 6. The molecule has 2 spiro atoms. The van der Waals surface area contributed by atoms with Crippen LogP contribution >= 0.6 is 0 Å². The largest absolute Gasteiger partial charge is 0.377 e. The zero-order chi connectivity index (χ0) is 32.1. The Kier molecular flexibility index (Phi) is 8.71. The first-order valence-corrected chi connectivity index (χ1v) is 18.8. The van der Waals surface area contributed by atoms with E-state index in [1.54, 1.807) is 0 Å². The van der Waals surface area contributed by atoms with Gasteiger partial charge >= 0.3 is 0 Å². The van der Waals surface area contributed by atoms with Gasteiger partial charge in [-0.15, -0.1) is 0 Å². The quantitative estimate of drug-likeness (QED) is 0.292. The molecule has 0 aliphatic carbocycles. The van der Waals surface area contributed by atoms with Crippen LogP contribution in [-0.4, -0.2) is 133 Å². The molecule has 244 valence electrons. The second kappa shape index (κ2) is 12.6. The first-order valence-electron chi connectivity index (χ1n) is 16.6. The van der Waals surface area contributed by atoms with Crippen molar-refractivity contribution < 1.29 is 17.4 Å². The van der Waals surface area contributed by atoms with Crippen molar-refractivity contribution in [3.8, 4) is 0 Å². The third-order valence-electron chi connectivity index (χ3n) is 10.9. The van der Waals surface area contributed by atoms with Gasteiger partial charge in [-0.05, 0) is 24.3 Å². The van der Waals surface area contributed by atoms with E-state index in [0.717, 1.165) is 104 Å². The molecule has 2 unspecified atom stereocenters. The molecule has 3 saturated heterocycles. The van der Waals surface area contributed by atoms with Crippen LogP contribution in [0.25, 0.3) is 21.5 Å². The van der Waals surface area contributed by atoms with Crippen LogP contribution in [0.15, 0.2) is 82.6 Å². The van der Waals surface area contributed by atoms with Gasteiger partial charge in [0.1, 0.15) is 48.2 Å². The summed E-state index contributed by atoms with van der Waals surface area (Å²) in [6.07, 6.45) is 0. The Labute approximate surface area is 279 Å². The molecule has 0 radical (unpaired) electrons. The standard InChI is InChI=1S/C36H48N6O2S2/c1-37(2)33-13-5-11-31-29(33)9-7-15-35(31)45(43)39-17-21-41(22-18-39)25-27-42(28-26-41)23-19-40(20-24-42)46(44)36-16-8-10-30-32(36)12-6-14-34(30)38(3)4/h5-16H,17-28H2,1-4H3/q+2. The first-order chi connectivity index (χ1) is 22.2. The molecule has 7 rings (SSSR count). The van der Waals surface area contributed by atoms with Gasteiger partial charge < -0.3 is 18.8 Å². The SMILES string of the molecule is CN(C)c1cccc2c(S(=O)N3CC[N+]4(CC3)CC[N+]3(CCN(S(=O)c5cccc6c(N(C)C)cccc56)CC3)CC4)cccc12. The summed E-state index contributed by atoms with van der Waals surface area (Å²) >= 11 is 0. The number of anilines is 2. The Morgan fingerprint density at radius 1 is 0.478 bits per heavy atom. The zero-order valence-electron chi connectivity index (χ0n) is 27.7. The van der Waals surface area contributed by atoms with E-state index in [9.17, 15) is 8.42 Å². The van der Waals surface area contributed by atoms with E-state index in [-0.39, 0.29) is 0 Å². The van der Waals surface area contributed by atoms with Crippen LogP contribution in [0.5, 0.6) is 0 Å². The lowest BCUT2D eigenvalue weighted by atomic mass is 10.1. The van der Waals surface area contributed by atoms with Gasteiger partial charge in [-0.2, -0.15) is 0 Å². The van der Waals surface area contributed by atoms with Gasteiger partial charge in [-0.3, -0.25) is 0 Å². The predicted molar refractivity (Wildman–Crippen MR) is 192 cm³/mol. The number of fused-ring (bicyclic) bond motifs is 2. The first kappa shape index (κ1) is 31.7. The summed E-state index contributed by atoms with van der Waals surface area (Å²) in [6, 6.07) is 25.1. The highest BCUT2D eigenvalue weighted by Crippen LogP contribution is 2.33. The van der Waals surface area contributed by atoms with Gasteiger partial charge in [0.15, 0.2) is 0 Å². The fourth-order valence-electron chi connectivity index (χ4n) is 7.93. The van der Waals surface area contributed by atoms with Gasteiger partial charge in [0.25, 0.3) is 0 Å². The summed E-state index contributed by atoms with van der Waals surface area (Å²) in [4.78, 5) is 6.10. The molecule has 0 N–H and O–H groups in total. The van der Waals surface area contributed by atoms with Crippen molar-refractivity contribution >= 4 is 54.9 Å². The summed E-state index contributed by atoms with van der Waals surface area (Å²) in [5, 5.41) is 4.49. The molecule has 3 fully saturated rings. The van der Waals surface area contributed by atoms with Gasteiger partial charge in [0.05, 0.1) is 62.1 Å². The summed E-state index contributed by atoms with van der Waals surface area (Å²) in [6.45, 7) is 12.4. The highest BCUT2D eigenvalue weighted by Gasteiger charge is 2.46. The van der Waals surface area contributed by atoms with Crippen LogP contribution in [0.2, 0.25) is 0 Å². The van der Waals surface area contributed by atoms with Crippen molar-refractivity contribution in [2.45, 2.75) is 9.79 Å². The van der Waals surface area contributed by atoms with Crippen molar-refractivity contribution in [3.05, 3.63) is 72.8 Å². The smallest absolute Gasteiger partial charge is 0.129 e. The molecule has 8 nitrogen and oxygen atoms in total. The van der Waals surface area contributed by atoms with E-state index in [1.807, 2.05) is 24.3 Å². The molecule has 0 saturated carbocycles. The normalized spacial score (nSPS) is 21.5. The number of nitrogens with zero attached hydrogens (tertiary/aromatic N) is 6. The fourth-order valence-corrected chi connectivity index (χ4v) is 10.6.